The average molecular weight is 365 g/mol. The van der Waals surface area contributed by atoms with Crippen LogP contribution < -0.4 is 10.6 Å². The summed E-state index contributed by atoms with van der Waals surface area (Å²) in [5.41, 5.74) is 0.702. The highest BCUT2D eigenvalue weighted by Gasteiger charge is 2.35. The molecular weight excluding hydrogens is 338 g/mol. The van der Waals surface area contributed by atoms with E-state index < -0.39 is 37.3 Å². The molecule has 0 aromatic heterocycles. The van der Waals surface area contributed by atoms with Gasteiger partial charge < -0.3 is 26.0 Å². The number of rotatable bonds is 8. The van der Waals surface area contributed by atoms with Crippen molar-refractivity contribution in [2.24, 2.45) is 0 Å². The first-order valence-corrected chi connectivity index (χ1v) is 8.64. The van der Waals surface area contributed by atoms with Crippen LogP contribution in [0.1, 0.15) is 17.5 Å². The van der Waals surface area contributed by atoms with Crippen LogP contribution in [0.5, 0.6) is 0 Å². The molecule has 1 saturated heterocycles. The van der Waals surface area contributed by atoms with Gasteiger partial charge in [-0.15, -0.1) is 0 Å². The normalized spacial score (nSPS) is 18.5. The number of piperazine rings is 1. The second-order valence-corrected chi connectivity index (χ2v) is 6.71. The molecule has 1 fully saturated rings. The fraction of sp³-hybridized carbons (Fsp3) is 0.556. The van der Waals surface area contributed by atoms with Crippen molar-refractivity contribution in [1.29, 1.82) is 0 Å². The van der Waals surface area contributed by atoms with Crippen molar-refractivity contribution in [3.8, 4) is 0 Å². The van der Waals surface area contributed by atoms with E-state index in [0.29, 0.717) is 19.6 Å². The summed E-state index contributed by atoms with van der Waals surface area (Å²) in [6, 6.07) is 7.22. The van der Waals surface area contributed by atoms with E-state index in [9.17, 15) is 24.9 Å². The molecule has 8 heteroatoms. The smallest absolute Gasteiger partial charge is 0.237 e. The predicted octanol–water partition coefficient (Wildman–Crippen LogP) is -1.48. The molecule has 1 atom stereocenters. The lowest BCUT2D eigenvalue weighted by atomic mass is 10.0. The Labute approximate surface area is 152 Å². The molecule has 1 aromatic rings. The molecule has 0 saturated carbocycles. The maximum atomic E-state index is 12.4. The molecule has 1 aromatic carbocycles. The van der Waals surface area contributed by atoms with Gasteiger partial charge in [0.1, 0.15) is 5.54 Å². The van der Waals surface area contributed by atoms with Gasteiger partial charge in [-0.2, -0.15) is 0 Å². The van der Waals surface area contributed by atoms with Gasteiger partial charge in [0, 0.05) is 19.6 Å². The second-order valence-electron chi connectivity index (χ2n) is 6.71. The average Bonchev–Trinajstić information content (AvgIpc) is 2.64. The summed E-state index contributed by atoms with van der Waals surface area (Å²) in [5.74, 6) is -0.749. The van der Waals surface area contributed by atoms with Gasteiger partial charge >= 0.3 is 0 Å². The number of benzene rings is 1. The van der Waals surface area contributed by atoms with Crippen LogP contribution in [-0.4, -0.2) is 76.5 Å². The van der Waals surface area contributed by atoms with Crippen molar-refractivity contribution < 1.29 is 24.9 Å². The van der Waals surface area contributed by atoms with Crippen molar-refractivity contribution in [2.75, 3.05) is 32.9 Å². The number of aliphatic hydroxyl groups excluding tert-OH is 3. The van der Waals surface area contributed by atoms with Crippen LogP contribution in [0.3, 0.4) is 0 Å². The second kappa shape index (κ2) is 9.09. The first-order valence-electron chi connectivity index (χ1n) is 8.64. The number of nitrogens with one attached hydrogen (secondary N) is 2. The molecule has 144 valence electrons. The fourth-order valence-corrected chi connectivity index (χ4v) is 2.97. The summed E-state index contributed by atoms with van der Waals surface area (Å²) in [6.07, 6.45) is -0.126. The van der Waals surface area contributed by atoms with Crippen molar-refractivity contribution in [3.63, 3.8) is 0 Å². The van der Waals surface area contributed by atoms with Crippen molar-refractivity contribution in [2.45, 2.75) is 31.5 Å². The third-order valence-electron chi connectivity index (χ3n) is 4.77. The van der Waals surface area contributed by atoms with Crippen LogP contribution in [0.4, 0.5) is 0 Å². The van der Waals surface area contributed by atoms with Gasteiger partial charge in [0.25, 0.3) is 0 Å². The maximum Gasteiger partial charge on any atom is 0.237 e. The zero-order valence-corrected chi connectivity index (χ0v) is 14.9. The molecule has 2 rings (SSSR count). The fourth-order valence-electron chi connectivity index (χ4n) is 2.97. The number of nitrogens with zero attached hydrogens (tertiary/aromatic N) is 1. The molecule has 26 heavy (non-hydrogen) atoms. The summed E-state index contributed by atoms with van der Waals surface area (Å²) in [7, 11) is 0. The number of carbonyl (C=O) groups excluding carboxylic acids is 2. The number of aliphatic hydroxyl groups is 3. The highest BCUT2D eigenvalue weighted by atomic mass is 16.3. The van der Waals surface area contributed by atoms with Gasteiger partial charge in [-0.1, -0.05) is 24.3 Å². The molecule has 5 N–H and O–H groups in total. The van der Waals surface area contributed by atoms with E-state index in [1.54, 1.807) is 0 Å². The Bertz CT molecular complexity index is 625. The van der Waals surface area contributed by atoms with Gasteiger partial charge in [-0.05, 0) is 18.1 Å². The minimum Gasteiger partial charge on any atom is -0.394 e. The van der Waals surface area contributed by atoms with Crippen LogP contribution in [0, 0.1) is 6.92 Å². The Balaban J connectivity index is 2.09. The Kier molecular flexibility index (Phi) is 7.10. The van der Waals surface area contributed by atoms with E-state index in [-0.39, 0.29) is 12.3 Å². The van der Waals surface area contributed by atoms with E-state index in [4.69, 9.17) is 0 Å². The Morgan fingerprint density at radius 1 is 1.27 bits per heavy atom. The zero-order chi connectivity index (χ0) is 19.2. The van der Waals surface area contributed by atoms with Crippen LogP contribution in [-0.2, 0) is 16.1 Å². The monoisotopic (exact) mass is 365 g/mol. The van der Waals surface area contributed by atoms with Gasteiger partial charge in [-0.25, -0.2) is 0 Å². The Morgan fingerprint density at radius 2 is 1.92 bits per heavy atom. The maximum absolute atomic E-state index is 12.4. The summed E-state index contributed by atoms with van der Waals surface area (Å²) in [5, 5.41) is 33.2. The predicted molar refractivity (Wildman–Crippen MR) is 95.1 cm³/mol. The van der Waals surface area contributed by atoms with E-state index in [2.05, 4.69) is 10.6 Å². The van der Waals surface area contributed by atoms with E-state index in [1.165, 1.54) is 0 Å². The van der Waals surface area contributed by atoms with Gasteiger partial charge in [0.2, 0.25) is 11.8 Å². The number of aryl methyl sites for hydroxylation is 1. The highest BCUT2D eigenvalue weighted by Crippen LogP contribution is 2.17. The standard InChI is InChI=1S/C18H27N3O5/c1-13-4-2-3-5-14(13)9-21-7-6-19-17(26)15(21)8-16(25)20-18(10-22,11-23)12-24/h2-5,15,22-24H,6-12H2,1H3,(H,19,26)(H,20,25)/t15-/m0/s1. The number of carbonyl (C=O) groups is 2. The number of hydrogen-bond donors (Lipinski definition) is 5. The molecule has 1 heterocycles. The van der Waals surface area contributed by atoms with Gasteiger partial charge in [0.05, 0.1) is 32.3 Å². The molecule has 8 nitrogen and oxygen atoms in total. The van der Waals surface area contributed by atoms with Crippen LogP contribution in [0.25, 0.3) is 0 Å². The van der Waals surface area contributed by atoms with Crippen LogP contribution in [0.2, 0.25) is 0 Å². The number of hydrogen-bond acceptors (Lipinski definition) is 6. The molecule has 0 bridgehead atoms. The minimum atomic E-state index is -1.50. The highest BCUT2D eigenvalue weighted by molar-refractivity contribution is 5.89. The SMILES string of the molecule is Cc1ccccc1CN1CCNC(=O)[C@@H]1CC(=O)NC(CO)(CO)CO. The molecular formula is C18H27N3O5. The summed E-state index contributed by atoms with van der Waals surface area (Å²) >= 11 is 0. The third-order valence-corrected chi connectivity index (χ3v) is 4.77. The first kappa shape index (κ1) is 20.3. The van der Waals surface area contributed by atoms with E-state index >= 15 is 0 Å². The lowest BCUT2D eigenvalue weighted by Gasteiger charge is -2.36. The molecule has 2 amide bonds. The minimum absolute atomic E-state index is 0.126. The Hall–Kier alpha value is -2.00. The van der Waals surface area contributed by atoms with Crippen molar-refractivity contribution in [3.05, 3.63) is 35.4 Å². The molecule has 1 aliphatic heterocycles. The summed E-state index contributed by atoms with van der Waals surface area (Å²) < 4.78 is 0. The largest absolute Gasteiger partial charge is 0.394 e. The van der Waals surface area contributed by atoms with E-state index in [1.807, 2.05) is 36.1 Å². The molecule has 0 spiro atoms. The third kappa shape index (κ3) is 4.79. The lowest BCUT2D eigenvalue weighted by molar-refractivity contribution is -0.135. The summed E-state index contributed by atoms with van der Waals surface area (Å²) in [4.78, 5) is 26.6. The lowest BCUT2D eigenvalue weighted by Crippen LogP contribution is -2.60. The van der Waals surface area contributed by atoms with Crippen LogP contribution >= 0.6 is 0 Å². The van der Waals surface area contributed by atoms with Gasteiger partial charge in [0.15, 0.2) is 0 Å². The van der Waals surface area contributed by atoms with Crippen molar-refractivity contribution in [1.82, 2.24) is 15.5 Å². The first-order chi connectivity index (χ1) is 12.4. The zero-order valence-electron chi connectivity index (χ0n) is 14.9. The molecule has 0 aliphatic carbocycles. The molecule has 0 radical (unpaired) electrons. The molecule has 0 unspecified atom stereocenters. The topological polar surface area (TPSA) is 122 Å². The van der Waals surface area contributed by atoms with Crippen LogP contribution in [0.15, 0.2) is 24.3 Å². The Morgan fingerprint density at radius 3 is 2.54 bits per heavy atom. The van der Waals surface area contributed by atoms with E-state index in [0.717, 1.165) is 11.1 Å². The summed E-state index contributed by atoms with van der Waals surface area (Å²) in [6.45, 7) is 1.86. The molecule has 1 aliphatic rings. The number of amides is 2. The quantitative estimate of drug-likeness (QED) is 0.383. The van der Waals surface area contributed by atoms with Gasteiger partial charge in [-0.3, -0.25) is 14.5 Å². The van der Waals surface area contributed by atoms with Crippen molar-refractivity contribution >= 4 is 11.8 Å².